The molecule has 0 fully saturated rings. The Hall–Kier alpha value is -2.99. The Bertz CT molecular complexity index is 1140. The minimum Gasteiger partial charge on any atom is -0.452 e. The van der Waals surface area contributed by atoms with Crippen LogP contribution in [0.4, 0.5) is 0 Å². The normalized spacial score (nSPS) is 15.5. The monoisotopic (exact) mass is 434 g/mol. The van der Waals surface area contributed by atoms with E-state index in [1.54, 1.807) is 11.3 Å². The average molecular weight is 435 g/mol. The van der Waals surface area contributed by atoms with E-state index in [0.717, 1.165) is 53.4 Å². The molecule has 0 spiro atoms. The van der Waals surface area contributed by atoms with Crippen LogP contribution in [0.3, 0.4) is 0 Å². The van der Waals surface area contributed by atoms with Gasteiger partial charge >= 0.3 is 5.97 Å². The maximum atomic E-state index is 13.2. The molecule has 3 aromatic rings. The lowest BCUT2D eigenvalue weighted by Crippen LogP contribution is -2.35. The van der Waals surface area contributed by atoms with Crippen molar-refractivity contribution in [3.63, 3.8) is 0 Å². The zero-order valence-corrected chi connectivity index (χ0v) is 18.6. The van der Waals surface area contributed by atoms with E-state index in [4.69, 9.17) is 9.72 Å². The molecule has 0 saturated heterocycles. The van der Waals surface area contributed by atoms with E-state index >= 15 is 0 Å². The number of hydrogen-bond donors (Lipinski definition) is 1. The summed E-state index contributed by atoms with van der Waals surface area (Å²) in [5.41, 5.74) is 4.22. The van der Waals surface area contributed by atoms with Crippen molar-refractivity contribution in [3.05, 3.63) is 63.5 Å². The van der Waals surface area contributed by atoms with Gasteiger partial charge in [-0.05, 0) is 67.3 Å². The van der Waals surface area contributed by atoms with Crippen LogP contribution in [0.2, 0.25) is 0 Å². The first-order valence-electron chi connectivity index (χ1n) is 10.7. The molecule has 0 saturated carbocycles. The van der Waals surface area contributed by atoms with E-state index in [-0.39, 0.29) is 18.6 Å². The lowest BCUT2D eigenvalue weighted by molar-refractivity contribution is -0.124. The van der Waals surface area contributed by atoms with E-state index in [1.165, 1.54) is 4.88 Å². The van der Waals surface area contributed by atoms with Gasteiger partial charge in [-0.2, -0.15) is 0 Å². The minimum absolute atomic E-state index is 0.0469. The number of nitrogens with one attached hydrogen (secondary N) is 1. The topological polar surface area (TPSA) is 68.3 Å². The zero-order valence-electron chi connectivity index (χ0n) is 17.8. The van der Waals surface area contributed by atoms with Crippen LogP contribution in [-0.2, 0) is 16.0 Å². The molecular formula is C25H26N2O3S. The molecule has 0 aliphatic heterocycles. The van der Waals surface area contributed by atoms with Crippen molar-refractivity contribution in [1.82, 2.24) is 10.3 Å². The maximum absolute atomic E-state index is 13.2. The number of amides is 1. The summed E-state index contributed by atoms with van der Waals surface area (Å²) in [6.07, 6.45) is 5.61. The fourth-order valence-corrected chi connectivity index (χ4v) is 4.56. The van der Waals surface area contributed by atoms with Crippen molar-refractivity contribution in [1.29, 1.82) is 0 Å². The van der Waals surface area contributed by atoms with Crippen LogP contribution in [0.25, 0.3) is 22.6 Å². The van der Waals surface area contributed by atoms with Crippen molar-refractivity contribution in [2.24, 2.45) is 0 Å². The third-order valence-electron chi connectivity index (χ3n) is 5.59. The number of pyridine rings is 1. The van der Waals surface area contributed by atoms with Crippen LogP contribution in [0, 0.1) is 0 Å². The summed E-state index contributed by atoms with van der Waals surface area (Å²) >= 11 is 1.68. The molecule has 2 aromatic heterocycles. The van der Waals surface area contributed by atoms with Gasteiger partial charge in [-0.25, -0.2) is 9.78 Å². The molecule has 6 heteroatoms. The van der Waals surface area contributed by atoms with Gasteiger partial charge in [0, 0.05) is 16.3 Å². The van der Waals surface area contributed by atoms with Gasteiger partial charge < -0.3 is 10.1 Å². The van der Waals surface area contributed by atoms with E-state index < -0.39 is 5.97 Å². The van der Waals surface area contributed by atoms with Gasteiger partial charge in [0.15, 0.2) is 6.61 Å². The molecule has 0 unspecified atom stereocenters. The van der Waals surface area contributed by atoms with Crippen LogP contribution in [0.15, 0.2) is 41.8 Å². The number of benzene rings is 1. The second-order valence-corrected chi connectivity index (χ2v) is 8.80. The molecule has 1 atom stereocenters. The number of rotatable bonds is 6. The van der Waals surface area contributed by atoms with E-state index in [0.29, 0.717) is 5.56 Å². The Balaban J connectivity index is 1.71. The highest BCUT2D eigenvalue weighted by molar-refractivity contribution is 7.10. The van der Waals surface area contributed by atoms with Crippen LogP contribution in [-0.4, -0.2) is 29.5 Å². The maximum Gasteiger partial charge on any atom is 0.339 e. The molecule has 1 aliphatic rings. The van der Waals surface area contributed by atoms with E-state index in [1.807, 2.05) is 44.2 Å². The number of carbonyl (C=O) groups excluding carboxylic acids is 2. The van der Waals surface area contributed by atoms with Crippen LogP contribution < -0.4 is 5.32 Å². The van der Waals surface area contributed by atoms with E-state index in [9.17, 15) is 9.59 Å². The van der Waals surface area contributed by atoms with Crippen molar-refractivity contribution in [3.8, 4) is 0 Å². The summed E-state index contributed by atoms with van der Waals surface area (Å²) < 4.78 is 5.45. The zero-order chi connectivity index (χ0) is 21.8. The average Bonchev–Trinajstić information content (AvgIpc) is 3.29. The summed E-state index contributed by atoms with van der Waals surface area (Å²) in [6.45, 7) is 3.63. The lowest BCUT2D eigenvalue weighted by Gasteiger charge is -2.22. The molecule has 0 bridgehead atoms. The van der Waals surface area contributed by atoms with Crippen LogP contribution in [0.1, 0.15) is 59.6 Å². The SMILES string of the molecule is CC[C@H](C)NC(=O)COC(=O)c1c2c(nc3ccccc13)/C(=C/c1cccs1)CCC2. The summed E-state index contributed by atoms with van der Waals surface area (Å²) in [5.74, 6) is -0.750. The number of aromatic nitrogens is 1. The van der Waals surface area contributed by atoms with Gasteiger partial charge in [0.25, 0.3) is 5.91 Å². The van der Waals surface area contributed by atoms with Crippen LogP contribution in [0.5, 0.6) is 0 Å². The fourth-order valence-electron chi connectivity index (χ4n) is 3.88. The molecule has 1 aliphatic carbocycles. The molecule has 2 heterocycles. The highest BCUT2D eigenvalue weighted by atomic mass is 32.1. The molecular weight excluding hydrogens is 408 g/mol. The molecule has 1 N–H and O–H groups in total. The number of thiophene rings is 1. The largest absolute Gasteiger partial charge is 0.452 e. The van der Waals surface area contributed by atoms with Gasteiger partial charge in [0.2, 0.25) is 0 Å². The summed E-state index contributed by atoms with van der Waals surface area (Å²) in [5, 5.41) is 5.65. The van der Waals surface area contributed by atoms with Gasteiger partial charge in [-0.1, -0.05) is 31.2 Å². The van der Waals surface area contributed by atoms with E-state index in [2.05, 4.69) is 22.8 Å². The first-order valence-corrected chi connectivity index (χ1v) is 11.6. The summed E-state index contributed by atoms with van der Waals surface area (Å²) in [6, 6.07) is 11.8. The van der Waals surface area contributed by atoms with Gasteiger partial charge in [0.1, 0.15) is 0 Å². The number of esters is 1. The number of para-hydroxylation sites is 1. The van der Waals surface area contributed by atoms with Gasteiger partial charge in [-0.3, -0.25) is 4.79 Å². The number of nitrogens with zero attached hydrogens (tertiary/aromatic N) is 1. The number of ether oxygens (including phenoxy) is 1. The van der Waals surface area contributed by atoms with Gasteiger partial charge in [-0.15, -0.1) is 11.3 Å². The quantitative estimate of drug-likeness (QED) is 0.539. The molecule has 1 amide bonds. The predicted molar refractivity (Wildman–Crippen MR) is 125 cm³/mol. The Morgan fingerprint density at radius 2 is 2.06 bits per heavy atom. The standard InChI is InChI=1S/C25H26N2O3S/c1-3-16(2)26-22(28)15-30-25(29)23-19-10-4-5-12-21(19)27-24-17(8-6-11-20(23)24)14-18-9-7-13-31-18/h4-5,7,9-10,12-14,16H,3,6,8,11,15H2,1-2H3,(H,26,28)/b17-14+/t16-/m0/s1. The summed E-state index contributed by atoms with van der Waals surface area (Å²) in [7, 11) is 0. The van der Waals surface area contributed by atoms with Gasteiger partial charge in [0.05, 0.1) is 16.8 Å². The second-order valence-electron chi connectivity index (χ2n) is 7.82. The smallest absolute Gasteiger partial charge is 0.339 e. The van der Waals surface area contributed by atoms with Crippen molar-refractivity contribution in [2.75, 3.05) is 6.61 Å². The molecule has 31 heavy (non-hydrogen) atoms. The minimum atomic E-state index is -0.466. The highest BCUT2D eigenvalue weighted by Gasteiger charge is 2.26. The van der Waals surface area contributed by atoms with Crippen molar-refractivity contribution in [2.45, 2.75) is 45.6 Å². The molecule has 0 radical (unpaired) electrons. The van der Waals surface area contributed by atoms with Crippen LogP contribution >= 0.6 is 11.3 Å². The number of hydrogen-bond acceptors (Lipinski definition) is 5. The lowest BCUT2D eigenvalue weighted by atomic mass is 9.86. The fraction of sp³-hybridized carbons (Fsp3) is 0.320. The number of allylic oxidation sites excluding steroid dienone is 1. The molecule has 1 aromatic carbocycles. The number of fused-ring (bicyclic) bond motifs is 2. The molecule has 5 nitrogen and oxygen atoms in total. The highest BCUT2D eigenvalue weighted by Crippen LogP contribution is 2.36. The van der Waals surface area contributed by atoms with Crippen molar-refractivity contribution < 1.29 is 14.3 Å². The number of carbonyl (C=O) groups is 2. The Morgan fingerprint density at radius 1 is 1.23 bits per heavy atom. The second kappa shape index (κ2) is 9.43. The molecule has 4 rings (SSSR count). The molecule has 160 valence electrons. The predicted octanol–water partition coefficient (Wildman–Crippen LogP) is 5.24. The van der Waals surface area contributed by atoms with Crippen molar-refractivity contribution >= 4 is 45.8 Å². The Kier molecular flexibility index (Phi) is 6.47. The first-order chi connectivity index (χ1) is 15.1. The Morgan fingerprint density at radius 3 is 2.84 bits per heavy atom. The third kappa shape index (κ3) is 4.69. The first kappa shape index (κ1) is 21.2. The summed E-state index contributed by atoms with van der Waals surface area (Å²) in [4.78, 5) is 31.4. The Labute approximate surface area is 186 Å². The third-order valence-corrected chi connectivity index (χ3v) is 6.41.